The first kappa shape index (κ1) is 38.8. The zero-order chi connectivity index (χ0) is 37.6. The lowest BCUT2D eigenvalue weighted by Gasteiger charge is -2.25. The van der Waals surface area contributed by atoms with E-state index in [2.05, 4.69) is 15.6 Å². The minimum absolute atomic E-state index is 0.0116. The minimum atomic E-state index is -4.50. The van der Waals surface area contributed by atoms with E-state index in [0.29, 0.717) is 24.4 Å². The predicted octanol–water partition coefficient (Wildman–Crippen LogP) is 4.89. The van der Waals surface area contributed by atoms with Crippen molar-refractivity contribution < 1.29 is 46.0 Å². The van der Waals surface area contributed by atoms with E-state index in [1.54, 1.807) is 93.7 Å². The quantitative estimate of drug-likeness (QED) is 0.143. The van der Waals surface area contributed by atoms with Crippen LogP contribution in [0.3, 0.4) is 0 Å². The summed E-state index contributed by atoms with van der Waals surface area (Å²) >= 11 is 0.917. The summed E-state index contributed by atoms with van der Waals surface area (Å²) in [5.74, 6) is -1.81. The molecule has 0 aliphatic heterocycles. The van der Waals surface area contributed by atoms with Gasteiger partial charge in [0.1, 0.15) is 46.7 Å². The summed E-state index contributed by atoms with van der Waals surface area (Å²) in [6.45, 7) is 10.6. The highest BCUT2D eigenvalue weighted by molar-refractivity contribution is 7.93. The molecule has 0 saturated carbocycles. The first-order chi connectivity index (χ1) is 23.8. The molecule has 2 aromatic heterocycles. The van der Waals surface area contributed by atoms with E-state index in [0.717, 1.165) is 27.8 Å². The van der Waals surface area contributed by atoms with Gasteiger partial charge in [-0.25, -0.2) is 36.5 Å². The number of anilines is 2. The number of amides is 2. The number of esters is 1. The first-order valence-corrected chi connectivity index (χ1v) is 18.1. The molecule has 0 unspecified atom stereocenters. The number of sulfonamides is 1. The van der Waals surface area contributed by atoms with Crippen molar-refractivity contribution in [2.45, 2.75) is 77.3 Å². The number of halogens is 1. The number of thiazole rings is 1. The molecule has 4 aromatic rings. The van der Waals surface area contributed by atoms with E-state index in [9.17, 15) is 22.8 Å². The second-order valence-electron chi connectivity index (χ2n) is 13.3. The van der Waals surface area contributed by atoms with Gasteiger partial charge in [0.25, 0.3) is 15.9 Å². The second-order valence-corrected chi connectivity index (χ2v) is 16.0. The van der Waals surface area contributed by atoms with Crippen molar-refractivity contribution in [3.8, 4) is 5.75 Å². The highest BCUT2D eigenvalue weighted by Gasteiger charge is 2.33. The third-order valence-corrected chi connectivity index (χ3v) is 9.47. The largest absolute Gasteiger partial charge is 0.497 e. The average Bonchev–Trinajstić information content (AvgIpc) is 3.69. The van der Waals surface area contributed by atoms with Crippen LogP contribution in [-0.4, -0.2) is 60.8 Å². The van der Waals surface area contributed by atoms with E-state index in [4.69, 9.17) is 14.2 Å². The lowest BCUT2D eigenvalue weighted by Crippen LogP contribution is -2.39. The van der Waals surface area contributed by atoms with Crippen LogP contribution in [0.25, 0.3) is 0 Å². The number of ether oxygens (including phenoxy) is 3. The number of rotatable bonds is 13. The Bertz CT molecular complexity index is 1960. The Balaban J connectivity index is 1.50. The summed E-state index contributed by atoms with van der Waals surface area (Å²) in [6, 6.07) is 9.80. The SMILES string of the molecule is COc1ccc(CN(c2scnc2C(=O)OC(C)(C)C)S(=O)(=O)c2ccc(NC(=O)C[n+]3ccn(CCNC(=O)OC(C)(C)C)c3)c(F)c2)cc1. The summed E-state index contributed by atoms with van der Waals surface area (Å²) in [5, 5.41) is 5.11. The first-order valence-electron chi connectivity index (χ1n) is 15.8. The number of carbonyl (C=O) groups is 3. The number of methoxy groups -OCH3 is 1. The molecule has 0 saturated heterocycles. The molecule has 2 heterocycles. The summed E-state index contributed by atoms with van der Waals surface area (Å²) < 4.78 is 63.9. The molecule has 0 aliphatic rings. The standard InChI is InChI=1S/C34H41FN6O8S2/c1-33(2,3)48-31(43)29-30(50-21-37-29)41(19-23-8-10-24(47-7)11-9-23)51(45,46)25-12-13-27(26(35)18-25)38-28(42)20-40-17-16-39(22-40)15-14-36-32(44)49-34(4,5)6/h8-13,16-18,21-22H,14-15,19-20H2,1-7H3,(H-,36,38,42,44)/p+1. The molecule has 2 aromatic carbocycles. The Morgan fingerprint density at radius 2 is 1.71 bits per heavy atom. The van der Waals surface area contributed by atoms with E-state index in [1.165, 1.54) is 18.7 Å². The van der Waals surface area contributed by atoms with Gasteiger partial charge in [0, 0.05) is 0 Å². The monoisotopic (exact) mass is 745 g/mol. The lowest BCUT2D eigenvalue weighted by molar-refractivity contribution is -0.683. The number of nitrogens with one attached hydrogen (secondary N) is 2. The molecule has 0 radical (unpaired) electrons. The Morgan fingerprint density at radius 3 is 2.33 bits per heavy atom. The van der Waals surface area contributed by atoms with E-state index < -0.39 is 49.9 Å². The number of hydrogen-bond acceptors (Lipinski definition) is 10. The smallest absolute Gasteiger partial charge is 0.407 e. The van der Waals surface area contributed by atoms with Crippen molar-refractivity contribution in [3.63, 3.8) is 0 Å². The zero-order valence-corrected chi connectivity index (χ0v) is 31.1. The molecule has 2 amide bonds. The Morgan fingerprint density at radius 1 is 1.02 bits per heavy atom. The van der Waals surface area contributed by atoms with E-state index >= 15 is 4.39 Å². The summed E-state index contributed by atoms with van der Waals surface area (Å²) in [6.07, 6.45) is 4.45. The van der Waals surface area contributed by atoms with Gasteiger partial charge in [0.05, 0.1) is 36.3 Å². The number of aromatic nitrogens is 3. The van der Waals surface area contributed by atoms with Gasteiger partial charge in [-0.05, 0) is 77.4 Å². The van der Waals surface area contributed by atoms with Crippen LogP contribution in [0.15, 0.2) is 71.6 Å². The van der Waals surface area contributed by atoms with Crippen LogP contribution in [0.1, 0.15) is 57.6 Å². The third kappa shape index (κ3) is 11.0. The van der Waals surface area contributed by atoms with Gasteiger partial charge in [-0.3, -0.25) is 9.10 Å². The van der Waals surface area contributed by atoms with Gasteiger partial charge in [0.2, 0.25) is 6.33 Å². The maximum absolute atomic E-state index is 15.4. The van der Waals surface area contributed by atoms with E-state index in [1.807, 2.05) is 0 Å². The fourth-order valence-electron chi connectivity index (χ4n) is 4.55. The summed E-state index contributed by atoms with van der Waals surface area (Å²) in [4.78, 5) is 41.4. The van der Waals surface area contributed by atoms with Gasteiger partial charge in [-0.2, -0.15) is 0 Å². The van der Waals surface area contributed by atoms with Crippen LogP contribution in [0, 0.1) is 5.82 Å². The molecule has 0 bridgehead atoms. The van der Waals surface area contributed by atoms with Crippen molar-refractivity contribution in [2.75, 3.05) is 23.3 Å². The van der Waals surface area contributed by atoms with Crippen LogP contribution in [0.4, 0.5) is 19.9 Å². The molecule has 0 aliphatic carbocycles. The number of carbonyl (C=O) groups excluding carboxylic acids is 3. The number of hydrogen-bond donors (Lipinski definition) is 2. The number of benzene rings is 2. The lowest BCUT2D eigenvalue weighted by atomic mass is 10.2. The van der Waals surface area contributed by atoms with Crippen molar-refractivity contribution in [2.24, 2.45) is 0 Å². The van der Waals surface area contributed by atoms with Crippen molar-refractivity contribution >= 4 is 50.0 Å². The van der Waals surface area contributed by atoms with Crippen LogP contribution < -0.4 is 24.2 Å². The molecule has 4 rings (SSSR count). The van der Waals surface area contributed by atoms with Gasteiger partial charge < -0.3 is 24.8 Å². The Labute approximate surface area is 300 Å². The highest BCUT2D eigenvalue weighted by atomic mass is 32.2. The maximum Gasteiger partial charge on any atom is 0.407 e. The number of nitrogens with zero attached hydrogens (tertiary/aromatic N) is 4. The summed E-state index contributed by atoms with van der Waals surface area (Å²) in [7, 11) is -3.00. The topological polar surface area (TPSA) is 162 Å². The molecule has 274 valence electrons. The maximum atomic E-state index is 15.4. The molecular formula is C34H42FN6O8S2+. The Hall–Kier alpha value is -5.03. The van der Waals surface area contributed by atoms with Crippen molar-refractivity contribution in [3.05, 3.63) is 83.8 Å². The van der Waals surface area contributed by atoms with Gasteiger partial charge in [-0.15, -0.1) is 11.3 Å². The van der Waals surface area contributed by atoms with Crippen LogP contribution >= 0.6 is 11.3 Å². The molecule has 0 fully saturated rings. The average molecular weight is 746 g/mol. The van der Waals surface area contributed by atoms with Gasteiger partial charge in [0.15, 0.2) is 12.2 Å². The number of alkyl carbamates (subject to hydrolysis) is 1. The van der Waals surface area contributed by atoms with Crippen molar-refractivity contribution in [1.82, 2.24) is 14.9 Å². The van der Waals surface area contributed by atoms with Gasteiger partial charge in [-0.1, -0.05) is 12.1 Å². The van der Waals surface area contributed by atoms with E-state index in [-0.39, 0.29) is 29.5 Å². The van der Waals surface area contributed by atoms with Gasteiger partial charge >= 0.3 is 12.1 Å². The highest BCUT2D eigenvalue weighted by Crippen LogP contribution is 2.34. The molecule has 0 spiro atoms. The van der Waals surface area contributed by atoms with Crippen LogP contribution in [0.2, 0.25) is 0 Å². The zero-order valence-electron chi connectivity index (χ0n) is 29.4. The number of imidazole rings is 1. The minimum Gasteiger partial charge on any atom is -0.497 e. The molecule has 14 nitrogen and oxygen atoms in total. The molecule has 2 N–H and O–H groups in total. The summed E-state index contributed by atoms with van der Waals surface area (Å²) in [5.41, 5.74) is -0.0359. The normalized spacial score (nSPS) is 11.8. The van der Waals surface area contributed by atoms with Crippen molar-refractivity contribution in [1.29, 1.82) is 0 Å². The van der Waals surface area contributed by atoms with Crippen LogP contribution in [0.5, 0.6) is 5.75 Å². The fraction of sp³-hybridized carbons (Fsp3) is 0.382. The Kier molecular flexibility index (Phi) is 12.1. The fourth-order valence-corrected chi connectivity index (χ4v) is 7.03. The van der Waals surface area contributed by atoms with Crippen LogP contribution in [-0.2, 0) is 43.9 Å². The predicted molar refractivity (Wildman–Crippen MR) is 188 cm³/mol. The molecule has 0 atom stereocenters. The second kappa shape index (κ2) is 15.9. The third-order valence-electron chi connectivity index (χ3n) is 6.77. The molecule has 51 heavy (non-hydrogen) atoms. The molecular weight excluding hydrogens is 704 g/mol. The molecule has 17 heteroatoms.